The minimum Gasteiger partial charge on any atom is -0.399 e. The zero-order valence-corrected chi connectivity index (χ0v) is 6.45. The first kappa shape index (κ1) is 8.04. The van der Waals surface area contributed by atoms with E-state index in [1.54, 1.807) is 19.2 Å². The third-order valence-corrected chi connectivity index (χ3v) is 1.52. The highest BCUT2D eigenvalue weighted by Crippen LogP contribution is 2.12. The molecule has 0 aromatic heterocycles. The van der Waals surface area contributed by atoms with Gasteiger partial charge in [-0.2, -0.15) is 0 Å². The predicted molar refractivity (Wildman–Crippen MR) is 44.8 cm³/mol. The molecule has 11 heavy (non-hydrogen) atoms. The summed E-state index contributed by atoms with van der Waals surface area (Å²) in [6, 6.07) is 7.30. The van der Waals surface area contributed by atoms with Crippen molar-refractivity contribution in [2.75, 3.05) is 12.8 Å². The molecule has 1 unspecified atom stereocenters. The van der Waals surface area contributed by atoms with Gasteiger partial charge in [0.2, 0.25) is 0 Å². The van der Waals surface area contributed by atoms with Crippen molar-refractivity contribution in [3.8, 4) is 0 Å². The first-order valence-electron chi connectivity index (χ1n) is 3.38. The number of nitrogens with two attached hydrogens (primary N) is 2. The smallest absolute Gasteiger partial charge is 0.131 e. The molecule has 0 aliphatic rings. The van der Waals surface area contributed by atoms with Gasteiger partial charge < -0.3 is 16.2 Å². The van der Waals surface area contributed by atoms with E-state index in [1.807, 2.05) is 12.1 Å². The van der Waals surface area contributed by atoms with E-state index in [2.05, 4.69) is 0 Å². The van der Waals surface area contributed by atoms with Gasteiger partial charge in [0.1, 0.15) is 6.23 Å². The molecular formula is C8H12N2O. The van der Waals surface area contributed by atoms with E-state index < -0.39 is 0 Å². The number of anilines is 1. The summed E-state index contributed by atoms with van der Waals surface area (Å²) in [7, 11) is 1.57. The lowest BCUT2D eigenvalue weighted by atomic mass is 10.2. The topological polar surface area (TPSA) is 61.3 Å². The summed E-state index contributed by atoms with van der Waals surface area (Å²) in [6.45, 7) is 0. The third kappa shape index (κ3) is 1.93. The van der Waals surface area contributed by atoms with Crippen molar-refractivity contribution < 1.29 is 4.74 Å². The van der Waals surface area contributed by atoms with E-state index in [0.717, 1.165) is 11.3 Å². The Kier molecular flexibility index (Phi) is 2.46. The molecule has 4 N–H and O–H groups in total. The van der Waals surface area contributed by atoms with Gasteiger partial charge in [0.05, 0.1) is 0 Å². The van der Waals surface area contributed by atoms with Crippen molar-refractivity contribution in [1.29, 1.82) is 0 Å². The third-order valence-electron chi connectivity index (χ3n) is 1.52. The molecule has 1 aromatic carbocycles. The van der Waals surface area contributed by atoms with Gasteiger partial charge >= 0.3 is 0 Å². The van der Waals surface area contributed by atoms with Crippen molar-refractivity contribution in [2.24, 2.45) is 5.73 Å². The second-order valence-corrected chi connectivity index (χ2v) is 2.32. The summed E-state index contributed by atoms with van der Waals surface area (Å²) in [5, 5.41) is 0. The molecule has 1 rings (SSSR count). The Morgan fingerprint density at radius 2 is 1.82 bits per heavy atom. The molecule has 0 spiro atoms. The molecular weight excluding hydrogens is 140 g/mol. The van der Waals surface area contributed by atoms with Crippen LogP contribution < -0.4 is 11.5 Å². The molecule has 0 bridgehead atoms. The van der Waals surface area contributed by atoms with E-state index in [1.165, 1.54) is 0 Å². The van der Waals surface area contributed by atoms with Gasteiger partial charge in [-0.05, 0) is 17.7 Å². The quantitative estimate of drug-likeness (QED) is 0.488. The maximum absolute atomic E-state index is 5.58. The largest absolute Gasteiger partial charge is 0.399 e. The van der Waals surface area contributed by atoms with Gasteiger partial charge in [0, 0.05) is 12.8 Å². The van der Waals surface area contributed by atoms with Gasteiger partial charge in [-0.25, -0.2) is 0 Å². The minimum atomic E-state index is -0.351. The monoisotopic (exact) mass is 152 g/mol. The fraction of sp³-hybridized carbons (Fsp3) is 0.250. The first-order chi connectivity index (χ1) is 5.24. The molecule has 3 nitrogen and oxygen atoms in total. The second-order valence-electron chi connectivity index (χ2n) is 2.32. The molecule has 0 saturated carbocycles. The molecule has 1 aromatic rings. The van der Waals surface area contributed by atoms with E-state index in [-0.39, 0.29) is 6.23 Å². The summed E-state index contributed by atoms with van der Waals surface area (Å²) in [4.78, 5) is 0. The number of ether oxygens (including phenoxy) is 1. The van der Waals surface area contributed by atoms with Gasteiger partial charge in [0.25, 0.3) is 0 Å². The lowest BCUT2D eigenvalue weighted by Gasteiger charge is -2.08. The standard InChI is InChI=1S/C8H12N2O/c1-11-8(10)6-2-4-7(9)5-3-6/h2-5,8H,9-10H2,1H3. The van der Waals surface area contributed by atoms with Gasteiger partial charge in [-0.15, -0.1) is 0 Å². The maximum atomic E-state index is 5.58. The van der Waals surface area contributed by atoms with E-state index in [9.17, 15) is 0 Å². The molecule has 3 heteroatoms. The van der Waals surface area contributed by atoms with E-state index >= 15 is 0 Å². The fourth-order valence-electron chi connectivity index (χ4n) is 0.822. The average Bonchev–Trinajstić information content (AvgIpc) is 2.05. The summed E-state index contributed by atoms with van der Waals surface area (Å²) >= 11 is 0. The SMILES string of the molecule is COC(N)c1ccc(N)cc1. The van der Waals surface area contributed by atoms with Crippen molar-refractivity contribution in [2.45, 2.75) is 6.23 Å². The predicted octanol–water partition coefficient (Wildman–Crippen LogP) is 0.873. The molecule has 0 aliphatic heterocycles. The highest BCUT2D eigenvalue weighted by molar-refractivity contribution is 5.39. The van der Waals surface area contributed by atoms with Crippen molar-refractivity contribution >= 4 is 5.69 Å². The molecule has 0 saturated heterocycles. The molecule has 0 fully saturated rings. The van der Waals surface area contributed by atoms with Crippen LogP contribution in [0.5, 0.6) is 0 Å². The number of methoxy groups -OCH3 is 1. The van der Waals surface area contributed by atoms with Crippen LogP contribution in [0.15, 0.2) is 24.3 Å². The van der Waals surface area contributed by atoms with Crippen LogP contribution in [0.25, 0.3) is 0 Å². The highest BCUT2D eigenvalue weighted by atomic mass is 16.5. The Morgan fingerprint density at radius 3 is 2.27 bits per heavy atom. The Balaban J connectivity index is 2.81. The van der Waals surface area contributed by atoms with Crippen LogP contribution in [0.4, 0.5) is 5.69 Å². The zero-order chi connectivity index (χ0) is 8.27. The van der Waals surface area contributed by atoms with Gasteiger partial charge in [-0.1, -0.05) is 12.1 Å². The Bertz CT molecular complexity index is 220. The molecule has 60 valence electrons. The number of hydrogen-bond donors (Lipinski definition) is 2. The molecule has 1 atom stereocenters. The first-order valence-corrected chi connectivity index (χ1v) is 3.38. The minimum absolute atomic E-state index is 0.351. The lowest BCUT2D eigenvalue weighted by molar-refractivity contribution is 0.109. The highest BCUT2D eigenvalue weighted by Gasteiger charge is 2.01. The molecule has 0 radical (unpaired) electrons. The summed E-state index contributed by atoms with van der Waals surface area (Å²) < 4.78 is 4.91. The molecule has 0 aliphatic carbocycles. The van der Waals surface area contributed by atoms with Crippen LogP contribution >= 0.6 is 0 Å². The van der Waals surface area contributed by atoms with E-state index in [0.29, 0.717) is 0 Å². The van der Waals surface area contributed by atoms with Crippen molar-refractivity contribution in [3.63, 3.8) is 0 Å². The van der Waals surface area contributed by atoms with E-state index in [4.69, 9.17) is 16.2 Å². The van der Waals surface area contributed by atoms with Crippen LogP contribution in [0, 0.1) is 0 Å². The number of benzene rings is 1. The maximum Gasteiger partial charge on any atom is 0.131 e. The van der Waals surface area contributed by atoms with Crippen LogP contribution in [-0.4, -0.2) is 7.11 Å². The van der Waals surface area contributed by atoms with Crippen LogP contribution in [0.3, 0.4) is 0 Å². The average molecular weight is 152 g/mol. The Morgan fingerprint density at radius 1 is 1.27 bits per heavy atom. The molecule has 0 amide bonds. The summed E-state index contributed by atoms with van der Waals surface area (Å²) in [5.74, 6) is 0. The lowest BCUT2D eigenvalue weighted by Crippen LogP contribution is -2.11. The summed E-state index contributed by atoms with van der Waals surface area (Å²) in [5.41, 5.74) is 12.7. The number of nitrogen functional groups attached to an aromatic ring is 1. The Hall–Kier alpha value is -1.06. The zero-order valence-electron chi connectivity index (χ0n) is 6.45. The molecule has 0 heterocycles. The number of hydrogen-bond acceptors (Lipinski definition) is 3. The Labute approximate surface area is 66.0 Å². The van der Waals surface area contributed by atoms with Gasteiger partial charge in [0.15, 0.2) is 0 Å². The summed E-state index contributed by atoms with van der Waals surface area (Å²) in [6.07, 6.45) is -0.351. The van der Waals surface area contributed by atoms with Gasteiger partial charge in [-0.3, -0.25) is 0 Å². The van der Waals surface area contributed by atoms with Crippen LogP contribution in [0.1, 0.15) is 11.8 Å². The van der Waals surface area contributed by atoms with Crippen molar-refractivity contribution in [1.82, 2.24) is 0 Å². The normalized spacial score (nSPS) is 12.9. The van der Waals surface area contributed by atoms with Crippen LogP contribution in [0.2, 0.25) is 0 Å². The van der Waals surface area contributed by atoms with Crippen molar-refractivity contribution in [3.05, 3.63) is 29.8 Å². The second kappa shape index (κ2) is 3.37. The van der Waals surface area contributed by atoms with Crippen LogP contribution in [-0.2, 0) is 4.74 Å². The fourth-order valence-corrected chi connectivity index (χ4v) is 0.822. The number of rotatable bonds is 2.